The Bertz CT molecular complexity index is 601. The highest BCUT2D eigenvalue weighted by Crippen LogP contribution is 2.33. The third kappa shape index (κ3) is 2.52. The second-order valence-corrected chi connectivity index (χ2v) is 6.89. The van der Waals surface area contributed by atoms with E-state index in [0.717, 1.165) is 23.7 Å². The van der Waals surface area contributed by atoms with Crippen LogP contribution in [0.4, 0.5) is 5.82 Å². The van der Waals surface area contributed by atoms with Crippen molar-refractivity contribution < 1.29 is 0 Å². The van der Waals surface area contributed by atoms with Crippen LogP contribution in [0.3, 0.4) is 0 Å². The molecule has 2 aromatic heterocycles. The van der Waals surface area contributed by atoms with E-state index in [1.807, 2.05) is 0 Å². The minimum Gasteiger partial charge on any atom is -0.357 e. The Kier molecular flexibility index (Phi) is 3.89. The molecule has 1 saturated heterocycles. The van der Waals surface area contributed by atoms with Gasteiger partial charge in [-0.25, -0.2) is 9.97 Å². The molecule has 108 valence electrons. The molecule has 0 amide bonds. The Labute approximate surface area is 124 Å². The number of nitrogens with zero attached hydrogens (tertiary/aromatic N) is 3. The van der Waals surface area contributed by atoms with Gasteiger partial charge in [0.05, 0.1) is 5.39 Å². The van der Waals surface area contributed by atoms with Crippen LogP contribution in [-0.4, -0.2) is 36.1 Å². The summed E-state index contributed by atoms with van der Waals surface area (Å²) in [7, 11) is 2.14. The van der Waals surface area contributed by atoms with Crippen molar-refractivity contribution in [3.05, 3.63) is 16.8 Å². The minimum atomic E-state index is 0.582. The van der Waals surface area contributed by atoms with E-state index in [1.54, 1.807) is 17.7 Å². The zero-order valence-electron chi connectivity index (χ0n) is 12.4. The lowest BCUT2D eigenvalue weighted by Gasteiger charge is -2.29. The first kappa shape index (κ1) is 13.8. The van der Waals surface area contributed by atoms with Crippen molar-refractivity contribution in [2.24, 2.45) is 0 Å². The van der Waals surface area contributed by atoms with Gasteiger partial charge in [-0.3, -0.25) is 0 Å². The van der Waals surface area contributed by atoms with Crippen molar-refractivity contribution in [3.63, 3.8) is 0 Å². The van der Waals surface area contributed by atoms with Crippen molar-refractivity contribution in [2.45, 2.75) is 39.2 Å². The Balaban J connectivity index is 1.88. The Morgan fingerprint density at radius 3 is 2.95 bits per heavy atom. The molecule has 20 heavy (non-hydrogen) atoms. The average Bonchev–Trinajstić information content (AvgIpc) is 2.75. The average molecular weight is 290 g/mol. The van der Waals surface area contributed by atoms with Crippen LogP contribution in [0.1, 0.15) is 29.7 Å². The van der Waals surface area contributed by atoms with Crippen LogP contribution in [0.5, 0.6) is 0 Å². The molecule has 0 aromatic carbocycles. The number of piperidine rings is 1. The maximum Gasteiger partial charge on any atom is 0.140 e. The first-order valence-electron chi connectivity index (χ1n) is 7.32. The summed E-state index contributed by atoms with van der Waals surface area (Å²) in [6.45, 7) is 6.50. The number of hydrogen-bond acceptors (Lipinski definition) is 5. The molecular weight excluding hydrogens is 268 g/mol. The predicted molar refractivity (Wildman–Crippen MR) is 85.8 cm³/mol. The van der Waals surface area contributed by atoms with Crippen molar-refractivity contribution in [2.75, 3.05) is 25.0 Å². The number of fused-ring (bicyclic) bond motifs is 1. The summed E-state index contributed by atoms with van der Waals surface area (Å²) in [5, 5.41) is 4.84. The van der Waals surface area contributed by atoms with Crippen LogP contribution in [0, 0.1) is 13.8 Å². The van der Waals surface area contributed by atoms with Crippen molar-refractivity contribution in [3.8, 4) is 0 Å². The smallest absolute Gasteiger partial charge is 0.140 e. The molecule has 0 bridgehead atoms. The third-order valence-corrected chi connectivity index (χ3v) is 5.33. The van der Waals surface area contributed by atoms with Gasteiger partial charge >= 0.3 is 0 Å². The zero-order chi connectivity index (χ0) is 14.1. The van der Waals surface area contributed by atoms with E-state index >= 15 is 0 Å². The number of hydrogen-bond donors (Lipinski definition) is 1. The summed E-state index contributed by atoms with van der Waals surface area (Å²) >= 11 is 1.76. The van der Waals surface area contributed by atoms with Crippen LogP contribution in [0.15, 0.2) is 6.33 Å². The molecule has 2 aromatic rings. The largest absolute Gasteiger partial charge is 0.357 e. The van der Waals surface area contributed by atoms with Gasteiger partial charge in [0.15, 0.2) is 0 Å². The van der Waals surface area contributed by atoms with E-state index in [1.165, 1.54) is 35.1 Å². The fourth-order valence-electron chi connectivity index (χ4n) is 2.95. The number of rotatable bonds is 3. The lowest BCUT2D eigenvalue weighted by atomic mass is 10.0. The number of anilines is 1. The van der Waals surface area contributed by atoms with Crippen molar-refractivity contribution in [1.29, 1.82) is 0 Å². The van der Waals surface area contributed by atoms with Gasteiger partial charge in [0, 0.05) is 24.5 Å². The summed E-state index contributed by atoms with van der Waals surface area (Å²) in [6.07, 6.45) is 5.60. The molecule has 0 radical (unpaired) electrons. The second-order valence-electron chi connectivity index (χ2n) is 5.69. The predicted octanol–water partition coefficient (Wildman–Crippen LogP) is 2.89. The molecule has 1 aliphatic heterocycles. The quantitative estimate of drug-likeness (QED) is 0.943. The summed E-state index contributed by atoms with van der Waals surface area (Å²) in [6, 6.07) is 0.582. The monoisotopic (exact) mass is 290 g/mol. The highest BCUT2D eigenvalue weighted by Gasteiger charge is 2.19. The molecule has 3 rings (SSSR count). The molecule has 1 atom stereocenters. The van der Waals surface area contributed by atoms with E-state index in [0.29, 0.717) is 6.04 Å². The molecule has 0 saturated carbocycles. The number of likely N-dealkylation sites (N-methyl/N-ethyl adjacent to an activating group) is 1. The maximum absolute atomic E-state index is 4.54. The van der Waals surface area contributed by atoms with Crippen LogP contribution in [0.25, 0.3) is 10.2 Å². The first-order valence-corrected chi connectivity index (χ1v) is 8.13. The highest BCUT2D eigenvalue weighted by molar-refractivity contribution is 7.18. The molecule has 3 heterocycles. The normalized spacial score (nSPS) is 19.4. The van der Waals surface area contributed by atoms with Gasteiger partial charge in [-0.05, 0) is 38.8 Å². The lowest BCUT2D eigenvalue weighted by Crippen LogP contribution is -2.42. The van der Waals surface area contributed by atoms with Gasteiger partial charge in [-0.2, -0.15) is 0 Å². The number of nitrogens with one attached hydrogen (secondary N) is 1. The van der Waals surface area contributed by atoms with Crippen molar-refractivity contribution >= 4 is 27.4 Å². The molecule has 1 aliphatic rings. The lowest BCUT2D eigenvalue weighted by molar-refractivity contribution is 0.403. The standard InChI is InChI=1S/C15H22N4S/c1-10-11(2)20-15-13(10)14(17-9-18-15)19(3)8-12-6-4-5-7-16-12/h9,12,16H,4-8H2,1-3H3. The van der Waals surface area contributed by atoms with E-state index in [-0.39, 0.29) is 0 Å². The molecule has 1 unspecified atom stereocenters. The second kappa shape index (κ2) is 5.66. The third-order valence-electron chi connectivity index (χ3n) is 4.21. The fraction of sp³-hybridized carbons (Fsp3) is 0.600. The Morgan fingerprint density at radius 2 is 2.20 bits per heavy atom. The van der Waals surface area contributed by atoms with Gasteiger partial charge in [0.1, 0.15) is 17.0 Å². The van der Waals surface area contributed by atoms with E-state index < -0.39 is 0 Å². The molecule has 0 spiro atoms. The molecule has 4 nitrogen and oxygen atoms in total. The molecule has 1 N–H and O–H groups in total. The summed E-state index contributed by atoms with van der Waals surface area (Å²) < 4.78 is 0. The minimum absolute atomic E-state index is 0.582. The Morgan fingerprint density at radius 1 is 1.35 bits per heavy atom. The van der Waals surface area contributed by atoms with Gasteiger partial charge in [0.2, 0.25) is 0 Å². The SMILES string of the molecule is Cc1sc2ncnc(N(C)CC3CCCCN3)c2c1C. The van der Waals surface area contributed by atoms with Crippen LogP contribution >= 0.6 is 11.3 Å². The number of thiophene rings is 1. The highest BCUT2D eigenvalue weighted by atomic mass is 32.1. The van der Waals surface area contributed by atoms with Crippen LogP contribution in [0.2, 0.25) is 0 Å². The molecule has 5 heteroatoms. The van der Waals surface area contributed by atoms with Crippen LogP contribution < -0.4 is 10.2 Å². The fourth-order valence-corrected chi connectivity index (χ4v) is 3.94. The summed E-state index contributed by atoms with van der Waals surface area (Å²) in [5.41, 5.74) is 1.32. The number of aromatic nitrogens is 2. The van der Waals surface area contributed by atoms with Gasteiger partial charge in [0.25, 0.3) is 0 Å². The zero-order valence-corrected chi connectivity index (χ0v) is 13.3. The first-order chi connectivity index (χ1) is 9.66. The van der Waals surface area contributed by atoms with E-state index in [9.17, 15) is 0 Å². The molecular formula is C15H22N4S. The van der Waals surface area contributed by atoms with E-state index in [4.69, 9.17) is 0 Å². The Hall–Kier alpha value is -1.20. The molecule has 0 aliphatic carbocycles. The van der Waals surface area contributed by atoms with Gasteiger partial charge in [-0.15, -0.1) is 11.3 Å². The molecule has 1 fully saturated rings. The van der Waals surface area contributed by atoms with Gasteiger partial charge < -0.3 is 10.2 Å². The van der Waals surface area contributed by atoms with Gasteiger partial charge in [-0.1, -0.05) is 6.42 Å². The van der Waals surface area contributed by atoms with Crippen molar-refractivity contribution in [1.82, 2.24) is 15.3 Å². The summed E-state index contributed by atoms with van der Waals surface area (Å²) in [4.78, 5) is 13.7. The topological polar surface area (TPSA) is 41.1 Å². The van der Waals surface area contributed by atoms with Crippen LogP contribution in [-0.2, 0) is 0 Å². The number of aryl methyl sites for hydroxylation is 2. The summed E-state index contributed by atoms with van der Waals surface area (Å²) in [5.74, 6) is 1.07. The van der Waals surface area contributed by atoms with E-state index in [2.05, 4.69) is 41.1 Å². The maximum atomic E-state index is 4.54.